The Kier molecular flexibility index (Phi) is 6.67. The molecule has 0 fully saturated rings. The number of furan rings is 1. The highest BCUT2D eigenvalue weighted by atomic mass is 16.5. The van der Waals surface area contributed by atoms with Gasteiger partial charge in [-0.2, -0.15) is 5.26 Å². The molecule has 0 bridgehead atoms. The molecular weight excluding hydrogens is 366 g/mol. The van der Waals surface area contributed by atoms with Crippen molar-refractivity contribution in [3.05, 3.63) is 83.3 Å². The van der Waals surface area contributed by atoms with Crippen molar-refractivity contribution in [2.45, 2.75) is 13.0 Å². The van der Waals surface area contributed by atoms with Crippen LogP contribution in [-0.2, 0) is 13.0 Å². The van der Waals surface area contributed by atoms with Crippen LogP contribution in [-0.4, -0.2) is 31.4 Å². The summed E-state index contributed by atoms with van der Waals surface area (Å²) in [6.45, 7) is 1.14. The number of amides is 1. The van der Waals surface area contributed by atoms with Crippen molar-refractivity contribution in [3.8, 4) is 11.8 Å². The SMILES string of the molecule is CN(C)CCc1ccc(NC(=O)c2occc2COc2cccc(C#N)c2)cc1. The second-order valence-corrected chi connectivity index (χ2v) is 6.91. The second kappa shape index (κ2) is 9.58. The number of benzene rings is 2. The summed E-state index contributed by atoms with van der Waals surface area (Å²) >= 11 is 0. The second-order valence-electron chi connectivity index (χ2n) is 6.91. The van der Waals surface area contributed by atoms with E-state index in [1.165, 1.54) is 11.8 Å². The van der Waals surface area contributed by atoms with E-state index in [0.717, 1.165) is 13.0 Å². The van der Waals surface area contributed by atoms with E-state index in [9.17, 15) is 4.79 Å². The van der Waals surface area contributed by atoms with Crippen LogP contribution in [0.2, 0.25) is 0 Å². The number of carbonyl (C=O) groups is 1. The van der Waals surface area contributed by atoms with Gasteiger partial charge in [0.05, 0.1) is 17.9 Å². The molecule has 0 saturated carbocycles. The molecule has 1 heterocycles. The van der Waals surface area contributed by atoms with Gasteiger partial charge in [0, 0.05) is 17.8 Å². The van der Waals surface area contributed by atoms with Gasteiger partial charge in [-0.15, -0.1) is 0 Å². The van der Waals surface area contributed by atoms with Gasteiger partial charge in [-0.25, -0.2) is 0 Å². The Hall–Kier alpha value is -3.56. The maximum absolute atomic E-state index is 12.6. The molecule has 29 heavy (non-hydrogen) atoms. The molecule has 1 amide bonds. The van der Waals surface area contributed by atoms with Crippen LogP contribution in [0.5, 0.6) is 5.75 Å². The molecule has 6 nitrogen and oxygen atoms in total. The zero-order valence-corrected chi connectivity index (χ0v) is 16.5. The summed E-state index contributed by atoms with van der Waals surface area (Å²) in [7, 11) is 4.08. The van der Waals surface area contributed by atoms with E-state index in [0.29, 0.717) is 22.6 Å². The molecular formula is C23H23N3O3. The number of nitriles is 1. The smallest absolute Gasteiger partial charge is 0.291 e. The lowest BCUT2D eigenvalue weighted by atomic mass is 10.1. The van der Waals surface area contributed by atoms with Gasteiger partial charge in [0.15, 0.2) is 5.76 Å². The predicted octanol–water partition coefficient (Wildman–Crippen LogP) is 4.09. The zero-order valence-electron chi connectivity index (χ0n) is 16.5. The first-order chi connectivity index (χ1) is 14.0. The van der Waals surface area contributed by atoms with Crippen molar-refractivity contribution < 1.29 is 13.9 Å². The number of hydrogen-bond donors (Lipinski definition) is 1. The zero-order chi connectivity index (χ0) is 20.6. The molecule has 0 aliphatic heterocycles. The normalized spacial score (nSPS) is 10.6. The Labute approximate surface area is 170 Å². The average molecular weight is 389 g/mol. The van der Waals surface area contributed by atoms with Crippen LogP contribution in [0, 0.1) is 11.3 Å². The summed E-state index contributed by atoms with van der Waals surface area (Å²) in [4.78, 5) is 14.7. The van der Waals surface area contributed by atoms with Gasteiger partial charge < -0.3 is 19.4 Å². The third kappa shape index (κ3) is 5.71. The Morgan fingerprint density at radius 3 is 2.69 bits per heavy atom. The highest BCUT2D eigenvalue weighted by Crippen LogP contribution is 2.19. The number of rotatable bonds is 8. The van der Waals surface area contributed by atoms with E-state index < -0.39 is 0 Å². The van der Waals surface area contributed by atoms with Gasteiger partial charge in [0.1, 0.15) is 12.4 Å². The number of hydrogen-bond acceptors (Lipinski definition) is 5. The molecule has 0 saturated heterocycles. The van der Waals surface area contributed by atoms with Gasteiger partial charge >= 0.3 is 0 Å². The fourth-order valence-corrected chi connectivity index (χ4v) is 2.76. The van der Waals surface area contributed by atoms with E-state index in [1.54, 1.807) is 30.3 Å². The van der Waals surface area contributed by atoms with E-state index in [2.05, 4.69) is 16.3 Å². The molecule has 0 radical (unpaired) electrons. The molecule has 0 unspecified atom stereocenters. The van der Waals surface area contributed by atoms with Crippen molar-refractivity contribution in [1.29, 1.82) is 5.26 Å². The summed E-state index contributed by atoms with van der Waals surface area (Å²) in [6.07, 6.45) is 2.41. The minimum absolute atomic E-state index is 0.164. The molecule has 3 rings (SSSR count). The first-order valence-electron chi connectivity index (χ1n) is 9.29. The number of likely N-dealkylation sites (N-methyl/N-ethyl adjacent to an activating group) is 1. The Morgan fingerprint density at radius 1 is 1.17 bits per heavy atom. The first-order valence-corrected chi connectivity index (χ1v) is 9.29. The standard InChI is InChI=1S/C23H23N3O3/c1-26(2)12-10-17-6-8-20(9-7-17)25-23(27)22-19(11-13-28-22)16-29-21-5-3-4-18(14-21)15-24/h3-9,11,13-14H,10,12,16H2,1-2H3,(H,25,27). The number of carbonyl (C=O) groups excluding carboxylic acids is 1. The summed E-state index contributed by atoms with van der Waals surface area (Å²) in [5.74, 6) is 0.434. The van der Waals surface area contributed by atoms with Crippen molar-refractivity contribution in [1.82, 2.24) is 4.90 Å². The topological polar surface area (TPSA) is 78.5 Å². The quantitative estimate of drug-likeness (QED) is 0.628. The van der Waals surface area contributed by atoms with Gasteiger partial charge in [-0.1, -0.05) is 18.2 Å². The van der Waals surface area contributed by atoms with Crippen LogP contribution in [0.4, 0.5) is 5.69 Å². The molecule has 0 aliphatic rings. The molecule has 148 valence electrons. The molecule has 2 aromatic carbocycles. The predicted molar refractivity (Wildman–Crippen MR) is 111 cm³/mol. The number of ether oxygens (including phenoxy) is 1. The van der Waals surface area contributed by atoms with E-state index in [-0.39, 0.29) is 18.3 Å². The van der Waals surface area contributed by atoms with Crippen LogP contribution in [0.15, 0.2) is 65.3 Å². The lowest BCUT2D eigenvalue weighted by molar-refractivity contribution is 0.0993. The molecule has 0 atom stereocenters. The lowest BCUT2D eigenvalue weighted by Gasteiger charge is -2.10. The molecule has 6 heteroatoms. The minimum Gasteiger partial charge on any atom is -0.489 e. The third-order valence-electron chi connectivity index (χ3n) is 4.37. The highest BCUT2D eigenvalue weighted by Gasteiger charge is 2.16. The van der Waals surface area contributed by atoms with Gasteiger partial charge in [-0.3, -0.25) is 4.79 Å². The summed E-state index contributed by atoms with van der Waals surface area (Å²) in [5.41, 5.74) is 3.06. The first kappa shape index (κ1) is 20.2. The lowest BCUT2D eigenvalue weighted by Crippen LogP contribution is -2.15. The largest absolute Gasteiger partial charge is 0.489 e. The van der Waals surface area contributed by atoms with Gasteiger partial charge in [-0.05, 0) is 62.5 Å². The molecule has 0 spiro atoms. The number of nitrogens with one attached hydrogen (secondary N) is 1. The van der Waals surface area contributed by atoms with Crippen molar-refractivity contribution in [2.75, 3.05) is 26.0 Å². The summed E-state index contributed by atoms with van der Waals surface area (Å²) in [5, 5.41) is 11.8. The van der Waals surface area contributed by atoms with Crippen LogP contribution in [0.1, 0.15) is 27.2 Å². The van der Waals surface area contributed by atoms with Gasteiger partial charge in [0.2, 0.25) is 0 Å². The van der Waals surface area contributed by atoms with Crippen molar-refractivity contribution >= 4 is 11.6 Å². The van der Waals surface area contributed by atoms with Crippen LogP contribution >= 0.6 is 0 Å². The summed E-state index contributed by atoms with van der Waals surface area (Å²) < 4.78 is 11.1. The van der Waals surface area contributed by atoms with Crippen LogP contribution < -0.4 is 10.1 Å². The van der Waals surface area contributed by atoms with E-state index in [1.807, 2.05) is 38.4 Å². The maximum Gasteiger partial charge on any atom is 0.291 e. The number of nitrogens with zero attached hydrogens (tertiary/aromatic N) is 2. The van der Waals surface area contributed by atoms with E-state index in [4.69, 9.17) is 14.4 Å². The van der Waals surface area contributed by atoms with Gasteiger partial charge in [0.25, 0.3) is 5.91 Å². The van der Waals surface area contributed by atoms with Crippen molar-refractivity contribution in [2.24, 2.45) is 0 Å². The van der Waals surface area contributed by atoms with Crippen LogP contribution in [0.3, 0.4) is 0 Å². The molecule has 0 aliphatic carbocycles. The Balaban J connectivity index is 1.60. The monoisotopic (exact) mass is 389 g/mol. The minimum atomic E-state index is -0.333. The average Bonchev–Trinajstić information content (AvgIpc) is 3.20. The molecule has 1 N–H and O–H groups in total. The summed E-state index contributed by atoms with van der Waals surface area (Å²) in [6, 6.07) is 18.4. The Bertz CT molecular complexity index is 1000. The molecule has 3 aromatic rings. The molecule has 1 aromatic heterocycles. The Morgan fingerprint density at radius 2 is 1.97 bits per heavy atom. The third-order valence-corrected chi connectivity index (χ3v) is 4.37. The fourth-order valence-electron chi connectivity index (χ4n) is 2.76. The van der Waals surface area contributed by atoms with E-state index >= 15 is 0 Å². The van der Waals surface area contributed by atoms with Crippen molar-refractivity contribution in [3.63, 3.8) is 0 Å². The number of anilines is 1. The highest BCUT2D eigenvalue weighted by molar-refractivity contribution is 6.03. The maximum atomic E-state index is 12.6. The van der Waals surface area contributed by atoms with Crippen LogP contribution in [0.25, 0.3) is 0 Å². The fraction of sp³-hybridized carbons (Fsp3) is 0.217.